The second-order valence-corrected chi connectivity index (χ2v) is 7.86. The van der Waals surface area contributed by atoms with Crippen LogP contribution in [0.2, 0.25) is 0 Å². The zero-order valence-corrected chi connectivity index (χ0v) is 18.3. The van der Waals surface area contributed by atoms with Gasteiger partial charge >= 0.3 is 0 Å². The van der Waals surface area contributed by atoms with Gasteiger partial charge in [0.05, 0.1) is 42.4 Å². The van der Waals surface area contributed by atoms with Crippen molar-refractivity contribution >= 4 is 28.9 Å². The predicted molar refractivity (Wildman–Crippen MR) is 126 cm³/mol. The maximum absolute atomic E-state index is 12.5. The Morgan fingerprint density at radius 1 is 1.00 bits per heavy atom. The molecule has 0 saturated heterocycles. The van der Waals surface area contributed by atoms with E-state index in [4.69, 9.17) is 0 Å². The van der Waals surface area contributed by atoms with E-state index in [9.17, 15) is 4.79 Å². The van der Waals surface area contributed by atoms with Crippen molar-refractivity contribution in [2.24, 2.45) is 12.0 Å². The number of carbonyl (C=O) groups is 1. The van der Waals surface area contributed by atoms with Gasteiger partial charge in [0.1, 0.15) is 0 Å². The lowest BCUT2D eigenvalue weighted by molar-refractivity contribution is -0.115. The van der Waals surface area contributed by atoms with E-state index in [2.05, 4.69) is 35.7 Å². The summed E-state index contributed by atoms with van der Waals surface area (Å²) >= 11 is 0. The molecule has 0 fully saturated rings. The van der Waals surface area contributed by atoms with Crippen LogP contribution in [0.1, 0.15) is 23.7 Å². The summed E-state index contributed by atoms with van der Waals surface area (Å²) in [5.41, 5.74) is 7.20. The van der Waals surface area contributed by atoms with Gasteiger partial charge in [-0.2, -0.15) is 5.10 Å². The Kier molecular flexibility index (Phi) is 5.35. The smallest absolute Gasteiger partial charge is 0.228 e. The zero-order chi connectivity index (χ0) is 22.8. The number of pyridine rings is 1. The molecule has 0 unspecified atom stereocenters. The Morgan fingerprint density at radius 2 is 1.79 bits per heavy atom. The first-order chi connectivity index (χ1) is 16.0. The number of hydrogen-bond acceptors (Lipinski definition) is 7. The lowest BCUT2D eigenvalue weighted by Crippen LogP contribution is -2.15. The van der Waals surface area contributed by atoms with Crippen molar-refractivity contribution in [3.63, 3.8) is 0 Å². The lowest BCUT2D eigenvalue weighted by atomic mass is 10.0. The number of rotatable bonds is 6. The molecule has 0 aliphatic carbocycles. The summed E-state index contributed by atoms with van der Waals surface area (Å²) in [6, 6.07) is 9.74. The molecule has 5 rings (SSSR count). The van der Waals surface area contributed by atoms with Crippen molar-refractivity contribution in [1.82, 2.24) is 24.7 Å². The highest BCUT2D eigenvalue weighted by Gasteiger charge is 2.15. The standard InChI is InChI=1S/C24H22N8O/c1-15-21-8-19(11-26-22(21)13-25-15)30-23(33)7-16-3-5-17(6-4-16)18-9-27-24(28-10-18)31-20-12-29-32(2)14-20/h3-6,8-12,14H,7,13H2,1-2H3,(H,30,33)(H,27,28,31). The average Bonchev–Trinajstić information content (AvgIpc) is 3.40. The molecule has 1 aromatic carbocycles. The number of anilines is 3. The van der Waals surface area contributed by atoms with Gasteiger partial charge in [0.15, 0.2) is 0 Å². The molecule has 0 atom stereocenters. The monoisotopic (exact) mass is 438 g/mol. The van der Waals surface area contributed by atoms with Crippen LogP contribution in [-0.4, -0.2) is 36.4 Å². The van der Waals surface area contributed by atoms with Gasteiger partial charge in [0.2, 0.25) is 11.9 Å². The van der Waals surface area contributed by atoms with E-state index in [-0.39, 0.29) is 12.3 Å². The van der Waals surface area contributed by atoms with Gasteiger partial charge in [-0.3, -0.25) is 19.5 Å². The molecule has 0 bridgehead atoms. The molecule has 2 N–H and O–H groups in total. The van der Waals surface area contributed by atoms with Gasteiger partial charge in [0, 0.05) is 42.5 Å². The zero-order valence-electron chi connectivity index (χ0n) is 18.3. The van der Waals surface area contributed by atoms with Gasteiger partial charge in [-0.1, -0.05) is 24.3 Å². The average molecular weight is 438 g/mol. The molecule has 4 heterocycles. The molecular formula is C24H22N8O. The van der Waals surface area contributed by atoms with Crippen LogP contribution in [0.15, 0.2) is 66.3 Å². The summed E-state index contributed by atoms with van der Waals surface area (Å²) in [6.07, 6.45) is 9.04. The van der Waals surface area contributed by atoms with Crippen LogP contribution < -0.4 is 10.6 Å². The van der Waals surface area contributed by atoms with Crippen LogP contribution in [0.4, 0.5) is 17.3 Å². The van der Waals surface area contributed by atoms with Gasteiger partial charge < -0.3 is 10.6 Å². The molecule has 3 aromatic heterocycles. The first kappa shape index (κ1) is 20.5. The van der Waals surface area contributed by atoms with Crippen LogP contribution in [0.3, 0.4) is 0 Å². The highest BCUT2D eigenvalue weighted by atomic mass is 16.1. The van der Waals surface area contributed by atoms with Gasteiger partial charge in [0.25, 0.3) is 0 Å². The second kappa shape index (κ2) is 8.62. The number of aromatic nitrogens is 5. The number of nitrogens with one attached hydrogen (secondary N) is 2. The number of hydrogen-bond donors (Lipinski definition) is 2. The minimum atomic E-state index is -0.0914. The van der Waals surface area contributed by atoms with Gasteiger partial charge in [-0.25, -0.2) is 9.97 Å². The van der Waals surface area contributed by atoms with Crippen molar-refractivity contribution in [1.29, 1.82) is 0 Å². The Labute approximate surface area is 190 Å². The van der Waals surface area contributed by atoms with Crippen molar-refractivity contribution in [3.05, 3.63) is 78.1 Å². The second-order valence-electron chi connectivity index (χ2n) is 7.86. The maximum Gasteiger partial charge on any atom is 0.228 e. The van der Waals surface area contributed by atoms with Crippen LogP contribution in [0.5, 0.6) is 0 Å². The molecule has 9 heteroatoms. The third-order valence-corrected chi connectivity index (χ3v) is 5.37. The minimum Gasteiger partial charge on any atom is -0.324 e. The SMILES string of the molecule is CC1=NCc2ncc(NC(=O)Cc3ccc(-c4cnc(Nc5cnn(C)c5)nc4)cc3)cc21. The van der Waals surface area contributed by atoms with Gasteiger partial charge in [-0.15, -0.1) is 0 Å². The minimum absolute atomic E-state index is 0.0914. The van der Waals surface area contributed by atoms with Crippen LogP contribution >= 0.6 is 0 Å². The molecule has 0 spiro atoms. The Balaban J connectivity index is 1.20. The van der Waals surface area contributed by atoms with E-state index in [1.54, 1.807) is 29.5 Å². The number of benzene rings is 1. The summed E-state index contributed by atoms with van der Waals surface area (Å²) in [5.74, 6) is 0.411. The molecule has 1 amide bonds. The summed E-state index contributed by atoms with van der Waals surface area (Å²) in [4.78, 5) is 30.0. The van der Waals surface area contributed by atoms with E-state index >= 15 is 0 Å². The number of nitrogens with zero attached hydrogens (tertiary/aromatic N) is 6. The van der Waals surface area contributed by atoms with Crippen LogP contribution in [-0.2, 0) is 24.8 Å². The third-order valence-electron chi connectivity index (χ3n) is 5.37. The number of aryl methyl sites for hydroxylation is 1. The highest BCUT2D eigenvalue weighted by molar-refractivity contribution is 6.03. The third kappa shape index (κ3) is 4.62. The van der Waals surface area contributed by atoms with E-state index < -0.39 is 0 Å². The fraction of sp³-hybridized carbons (Fsp3) is 0.167. The van der Waals surface area contributed by atoms with Crippen molar-refractivity contribution in [3.8, 4) is 11.1 Å². The first-order valence-corrected chi connectivity index (χ1v) is 10.5. The molecular weight excluding hydrogens is 416 g/mol. The normalized spacial score (nSPS) is 12.2. The van der Waals surface area contributed by atoms with Crippen molar-refractivity contribution in [2.45, 2.75) is 19.9 Å². The summed E-state index contributed by atoms with van der Waals surface area (Å²) < 4.78 is 1.71. The highest BCUT2D eigenvalue weighted by Crippen LogP contribution is 2.22. The van der Waals surface area contributed by atoms with E-state index in [1.807, 2.05) is 50.5 Å². The van der Waals surface area contributed by atoms with Crippen LogP contribution in [0.25, 0.3) is 11.1 Å². The molecule has 4 aromatic rings. The maximum atomic E-state index is 12.5. The largest absolute Gasteiger partial charge is 0.324 e. The first-order valence-electron chi connectivity index (χ1n) is 10.5. The fourth-order valence-electron chi connectivity index (χ4n) is 3.64. The Bertz CT molecular complexity index is 1340. The van der Waals surface area contributed by atoms with Crippen LogP contribution in [0, 0.1) is 0 Å². The molecule has 33 heavy (non-hydrogen) atoms. The van der Waals surface area contributed by atoms with E-state index in [0.29, 0.717) is 18.2 Å². The van der Waals surface area contributed by atoms with E-state index in [1.165, 1.54) is 0 Å². The molecule has 0 radical (unpaired) electrons. The van der Waals surface area contributed by atoms with Gasteiger partial charge in [-0.05, 0) is 24.1 Å². The summed E-state index contributed by atoms with van der Waals surface area (Å²) in [5, 5.41) is 10.1. The molecule has 1 aliphatic heterocycles. The lowest BCUT2D eigenvalue weighted by Gasteiger charge is -2.08. The summed E-state index contributed by atoms with van der Waals surface area (Å²) in [6.45, 7) is 2.56. The Hall–Kier alpha value is -4.40. The van der Waals surface area contributed by atoms with Crippen molar-refractivity contribution in [2.75, 3.05) is 10.6 Å². The number of aliphatic imine (C=N–C) groups is 1. The number of fused-ring (bicyclic) bond motifs is 1. The Morgan fingerprint density at radius 3 is 2.52 bits per heavy atom. The molecule has 1 aliphatic rings. The quantitative estimate of drug-likeness (QED) is 0.477. The predicted octanol–water partition coefficient (Wildman–Crippen LogP) is 3.52. The molecule has 9 nitrogen and oxygen atoms in total. The summed E-state index contributed by atoms with van der Waals surface area (Å²) in [7, 11) is 1.85. The topological polar surface area (TPSA) is 110 Å². The van der Waals surface area contributed by atoms with Crippen molar-refractivity contribution < 1.29 is 4.79 Å². The number of carbonyl (C=O) groups excluding carboxylic acids is 1. The number of amides is 1. The molecule has 164 valence electrons. The van der Waals surface area contributed by atoms with E-state index in [0.717, 1.165) is 39.3 Å². The fourth-order valence-corrected chi connectivity index (χ4v) is 3.64. The molecule has 0 saturated carbocycles.